The van der Waals surface area contributed by atoms with Crippen molar-refractivity contribution in [3.63, 3.8) is 0 Å². The van der Waals surface area contributed by atoms with Gasteiger partial charge in [-0.25, -0.2) is 4.98 Å². The smallest absolute Gasteiger partial charge is 0.239 e. The normalized spacial score (nSPS) is 20.7. The number of ether oxygens (including phenoxy) is 1. The lowest BCUT2D eigenvalue weighted by Crippen LogP contribution is -2.51. The van der Waals surface area contributed by atoms with E-state index in [0.717, 1.165) is 0 Å². The SMILES string of the molecule is Cn1cnc(CNC(=O)C2COCCN2)n1. The molecule has 2 rings (SSSR count). The highest BCUT2D eigenvalue weighted by Crippen LogP contribution is 1.94. The fourth-order valence-electron chi connectivity index (χ4n) is 1.49. The predicted molar refractivity (Wildman–Crippen MR) is 55.5 cm³/mol. The van der Waals surface area contributed by atoms with Gasteiger partial charge in [0.15, 0.2) is 5.82 Å². The molecule has 1 aliphatic rings. The van der Waals surface area contributed by atoms with Gasteiger partial charge in [-0.2, -0.15) is 5.10 Å². The fourth-order valence-corrected chi connectivity index (χ4v) is 1.49. The first kappa shape index (κ1) is 11.0. The highest BCUT2D eigenvalue weighted by Gasteiger charge is 2.20. The molecule has 0 aromatic carbocycles. The molecule has 1 saturated heterocycles. The second-order valence-electron chi connectivity index (χ2n) is 3.63. The van der Waals surface area contributed by atoms with Gasteiger partial charge in [0, 0.05) is 13.6 Å². The third-order valence-corrected chi connectivity index (χ3v) is 2.31. The molecular weight excluding hydrogens is 210 g/mol. The molecule has 1 atom stereocenters. The molecule has 88 valence electrons. The average Bonchev–Trinajstić information content (AvgIpc) is 2.73. The second-order valence-corrected chi connectivity index (χ2v) is 3.63. The van der Waals surface area contributed by atoms with E-state index in [1.165, 1.54) is 0 Å². The summed E-state index contributed by atoms with van der Waals surface area (Å²) in [5.41, 5.74) is 0. The van der Waals surface area contributed by atoms with E-state index >= 15 is 0 Å². The summed E-state index contributed by atoms with van der Waals surface area (Å²) in [7, 11) is 1.79. The molecule has 7 nitrogen and oxygen atoms in total. The van der Waals surface area contributed by atoms with Crippen molar-refractivity contribution in [3.8, 4) is 0 Å². The van der Waals surface area contributed by atoms with Crippen LogP contribution in [0.4, 0.5) is 0 Å². The van der Waals surface area contributed by atoms with E-state index in [1.54, 1.807) is 18.1 Å². The Labute approximate surface area is 93.2 Å². The minimum absolute atomic E-state index is 0.0767. The molecule has 7 heteroatoms. The maximum atomic E-state index is 11.7. The number of hydrogen-bond donors (Lipinski definition) is 2. The number of amides is 1. The van der Waals surface area contributed by atoms with Crippen molar-refractivity contribution in [1.82, 2.24) is 25.4 Å². The first-order valence-corrected chi connectivity index (χ1v) is 5.19. The number of hydrogen-bond acceptors (Lipinski definition) is 5. The third kappa shape index (κ3) is 2.77. The average molecular weight is 225 g/mol. The van der Waals surface area contributed by atoms with E-state index in [0.29, 0.717) is 32.1 Å². The van der Waals surface area contributed by atoms with Gasteiger partial charge >= 0.3 is 0 Å². The molecule has 1 amide bonds. The number of morpholine rings is 1. The maximum absolute atomic E-state index is 11.7. The van der Waals surface area contributed by atoms with Gasteiger partial charge in [0.05, 0.1) is 19.8 Å². The van der Waals surface area contributed by atoms with Crippen LogP contribution < -0.4 is 10.6 Å². The Bertz CT molecular complexity index is 359. The Balaban J connectivity index is 1.78. The Morgan fingerprint density at radius 1 is 1.81 bits per heavy atom. The van der Waals surface area contributed by atoms with Crippen LogP contribution in [-0.2, 0) is 23.1 Å². The van der Waals surface area contributed by atoms with E-state index in [-0.39, 0.29) is 11.9 Å². The van der Waals surface area contributed by atoms with Gasteiger partial charge in [0.1, 0.15) is 12.4 Å². The van der Waals surface area contributed by atoms with Crippen molar-refractivity contribution in [2.45, 2.75) is 12.6 Å². The molecule has 1 fully saturated rings. The summed E-state index contributed by atoms with van der Waals surface area (Å²) >= 11 is 0. The summed E-state index contributed by atoms with van der Waals surface area (Å²) in [4.78, 5) is 15.7. The summed E-state index contributed by atoms with van der Waals surface area (Å²) in [5, 5.41) is 9.91. The van der Waals surface area contributed by atoms with E-state index < -0.39 is 0 Å². The maximum Gasteiger partial charge on any atom is 0.239 e. The van der Waals surface area contributed by atoms with E-state index in [2.05, 4.69) is 20.7 Å². The van der Waals surface area contributed by atoms with Crippen LogP contribution >= 0.6 is 0 Å². The van der Waals surface area contributed by atoms with Gasteiger partial charge in [-0.15, -0.1) is 0 Å². The minimum Gasteiger partial charge on any atom is -0.378 e. The summed E-state index contributed by atoms with van der Waals surface area (Å²) in [6.45, 7) is 2.13. The zero-order chi connectivity index (χ0) is 11.4. The standard InChI is InChI=1S/C9H15N5O2/c1-14-6-12-8(13-14)4-11-9(15)7-5-16-3-2-10-7/h6-7,10H,2-5H2,1H3,(H,11,15). The summed E-state index contributed by atoms with van der Waals surface area (Å²) in [6, 6.07) is -0.266. The lowest BCUT2D eigenvalue weighted by Gasteiger charge is -2.22. The van der Waals surface area contributed by atoms with Crippen LogP contribution in [-0.4, -0.2) is 46.5 Å². The van der Waals surface area contributed by atoms with Gasteiger partial charge in [-0.1, -0.05) is 0 Å². The first-order chi connectivity index (χ1) is 7.75. The lowest BCUT2D eigenvalue weighted by atomic mass is 10.2. The van der Waals surface area contributed by atoms with Crippen molar-refractivity contribution >= 4 is 5.91 Å². The summed E-state index contributed by atoms with van der Waals surface area (Å²) < 4.78 is 6.80. The molecule has 16 heavy (non-hydrogen) atoms. The predicted octanol–water partition coefficient (Wildman–Crippen LogP) is -1.58. The van der Waals surface area contributed by atoms with Gasteiger partial charge < -0.3 is 15.4 Å². The van der Waals surface area contributed by atoms with Crippen LogP contribution in [0.25, 0.3) is 0 Å². The lowest BCUT2D eigenvalue weighted by molar-refractivity contribution is -0.126. The van der Waals surface area contributed by atoms with Crippen molar-refractivity contribution in [2.75, 3.05) is 19.8 Å². The molecular formula is C9H15N5O2. The van der Waals surface area contributed by atoms with Crippen LogP contribution in [0.2, 0.25) is 0 Å². The molecule has 0 bridgehead atoms. The zero-order valence-electron chi connectivity index (χ0n) is 9.14. The Hall–Kier alpha value is -1.47. The number of aryl methyl sites for hydroxylation is 1. The van der Waals surface area contributed by atoms with E-state index in [1.807, 2.05) is 0 Å². The Kier molecular flexibility index (Phi) is 3.47. The van der Waals surface area contributed by atoms with Crippen molar-refractivity contribution in [3.05, 3.63) is 12.2 Å². The Morgan fingerprint density at radius 3 is 3.31 bits per heavy atom. The number of nitrogens with one attached hydrogen (secondary N) is 2. The number of rotatable bonds is 3. The largest absolute Gasteiger partial charge is 0.378 e. The quantitative estimate of drug-likeness (QED) is 0.649. The van der Waals surface area contributed by atoms with Crippen LogP contribution in [0.1, 0.15) is 5.82 Å². The molecule has 2 N–H and O–H groups in total. The van der Waals surface area contributed by atoms with Gasteiger partial charge in [0.25, 0.3) is 0 Å². The number of carbonyl (C=O) groups is 1. The van der Waals surface area contributed by atoms with Crippen LogP contribution in [0, 0.1) is 0 Å². The van der Waals surface area contributed by atoms with Crippen molar-refractivity contribution in [1.29, 1.82) is 0 Å². The zero-order valence-corrected chi connectivity index (χ0v) is 9.14. The molecule has 1 unspecified atom stereocenters. The molecule has 0 saturated carbocycles. The third-order valence-electron chi connectivity index (χ3n) is 2.31. The fraction of sp³-hybridized carbons (Fsp3) is 0.667. The van der Waals surface area contributed by atoms with Crippen molar-refractivity contribution in [2.24, 2.45) is 7.05 Å². The second kappa shape index (κ2) is 5.04. The van der Waals surface area contributed by atoms with Crippen LogP contribution in [0.5, 0.6) is 0 Å². The topological polar surface area (TPSA) is 81.1 Å². The molecule has 1 aromatic heterocycles. The summed E-state index contributed by atoms with van der Waals surface area (Å²) in [5.74, 6) is 0.528. The molecule has 0 spiro atoms. The van der Waals surface area contributed by atoms with Crippen molar-refractivity contribution < 1.29 is 9.53 Å². The highest BCUT2D eigenvalue weighted by molar-refractivity contribution is 5.81. The van der Waals surface area contributed by atoms with Gasteiger partial charge in [-0.05, 0) is 0 Å². The minimum atomic E-state index is -0.266. The molecule has 2 heterocycles. The number of nitrogens with zero attached hydrogens (tertiary/aromatic N) is 3. The molecule has 0 aliphatic carbocycles. The van der Waals surface area contributed by atoms with Crippen LogP contribution in [0.3, 0.4) is 0 Å². The van der Waals surface area contributed by atoms with E-state index in [9.17, 15) is 4.79 Å². The number of carbonyl (C=O) groups excluding carboxylic acids is 1. The Morgan fingerprint density at radius 2 is 2.69 bits per heavy atom. The molecule has 1 aliphatic heterocycles. The number of aromatic nitrogens is 3. The van der Waals surface area contributed by atoms with E-state index in [4.69, 9.17) is 4.74 Å². The molecule has 1 aromatic rings. The molecule has 0 radical (unpaired) electrons. The van der Waals surface area contributed by atoms with Gasteiger partial charge in [-0.3, -0.25) is 9.48 Å². The highest BCUT2D eigenvalue weighted by atomic mass is 16.5. The summed E-state index contributed by atoms with van der Waals surface area (Å²) in [6.07, 6.45) is 1.60. The monoisotopic (exact) mass is 225 g/mol. The first-order valence-electron chi connectivity index (χ1n) is 5.19. The van der Waals surface area contributed by atoms with Crippen LogP contribution in [0.15, 0.2) is 6.33 Å². The van der Waals surface area contributed by atoms with Gasteiger partial charge in [0.2, 0.25) is 5.91 Å².